The average molecular weight is 845 g/mol. The lowest BCUT2D eigenvalue weighted by molar-refractivity contribution is -0.387. The first-order chi connectivity index (χ1) is 29.0. The van der Waals surface area contributed by atoms with E-state index < -0.39 is 9.85 Å². The predicted octanol–water partition coefficient (Wildman–Crippen LogP) is 7.63. The number of benzene rings is 4. The van der Waals surface area contributed by atoms with Gasteiger partial charge in [-0.3, -0.25) is 39.4 Å². The van der Waals surface area contributed by atoms with Crippen molar-refractivity contribution < 1.29 is 29.0 Å². The van der Waals surface area contributed by atoms with Gasteiger partial charge in [-0.15, -0.1) is 0 Å². The SMILES string of the molecule is CC(=O)N1CCN(C(=O)C=Cc2ccc(Sc3ccc(C=CC(=O)N4CCN(C(C)=O)CC4)c(-c4cc(C)ccc4C)c3[N+](=O)[O-])c([N+](=O)[O-])c2-c2cc(C)ccc2C)CC1. The second-order valence-corrected chi connectivity index (χ2v) is 16.4. The number of hydrogen-bond donors (Lipinski definition) is 0. The number of nitro groups is 2. The Morgan fingerprint density at radius 1 is 0.541 bits per heavy atom. The van der Waals surface area contributed by atoms with Crippen LogP contribution in [0.15, 0.2) is 82.6 Å². The summed E-state index contributed by atoms with van der Waals surface area (Å²) in [6.45, 7) is 13.5. The zero-order valence-electron chi connectivity index (χ0n) is 35.1. The molecule has 2 aliphatic rings. The molecule has 61 heavy (non-hydrogen) atoms. The highest BCUT2D eigenvalue weighted by atomic mass is 32.2. The van der Waals surface area contributed by atoms with Crippen LogP contribution in [0.4, 0.5) is 11.4 Å². The molecule has 6 rings (SSSR count). The Morgan fingerprint density at radius 2 is 0.885 bits per heavy atom. The van der Waals surface area contributed by atoms with Crippen molar-refractivity contribution in [1.82, 2.24) is 19.6 Å². The Balaban J connectivity index is 1.45. The maximum absolute atomic E-state index is 13.4. The summed E-state index contributed by atoms with van der Waals surface area (Å²) in [5.74, 6) is -0.708. The molecule has 0 spiro atoms. The van der Waals surface area contributed by atoms with E-state index in [1.165, 1.54) is 26.0 Å². The standard InChI is InChI=1S/C46H48N6O8S/c1-29-7-9-31(3)37(27-29)43-35(13-17-41(55)49-23-19-47(20-24-49)33(5)53)11-15-39(45(43)51(57)58)61-40-16-12-36(14-18-42(56)50-25-21-48(22-26-50)34(6)54)44(46(40)52(59)60)38-28-30(2)8-10-32(38)4/h7-18,27-28H,19-26H2,1-6H3. The molecule has 0 radical (unpaired) electrons. The Kier molecular flexibility index (Phi) is 13.5. The highest BCUT2D eigenvalue weighted by Crippen LogP contribution is 2.49. The van der Waals surface area contributed by atoms with Gasteiger partial charge in [0, 0.05) is 78.4 Å². The number of hydrogen-bond acceptors (Lipinski definition) is 9. The number of nitro benzene ring substituents is 2. The molecular weight excluding hydrogens is 797 g/mol. The van der Waals surface area contributed by atoms with Crippen LogP contribution >= 0.6 is 11.8 Å². The van der Waals surface area contributed by atoms with Crippen molar-refractivity contribution in [3.63, 3.8) is 0 Å². The van der Waals surface area contributed by atoms with Gasteiger partial charge in [0.25, 0.3) is 11.4 Å². The predicted molar refractivity (Wildman–Crippen MR) is 236 cm³/mol. The smallest absolute Gasteiger partial charge is 0.291 e. The van der Waals surface area contributed by atoms with Crippen LogP contribution in [0.3, 0.4) is 0 Å². The van der Waals surface area contributed by atoms with Gasteiger partial charge in [0.2, 0.25) is 23.6 Å². The van der Waals surface area contributed by atoms with Crippen LogP contribution in [-0.4, -0.2) is 105 Å². The van der Waals surface area contributed by atoms with Gasteiger partial charge in [0.1, 0.15) is 0 Å². The van der Waals surface area contributed by atoms with E-state index in [0.29, 0.717) is 74.6 Å². The summed E-state index contributed by atoms with van der Waals surface area (Å²) in [5.41, 5.74) is 5.20. The number of rotatable bonds is 10. The fourth-order valence-corrected chi connectivity index (χ4v) is 8.75. The Morgan fingerprint density at radius 3 is 1.21 bits per heavy atom. The van der Waals surface area contributed by atoms with Crippen LogP contribution in [0.2, 0.25) is 0 Å². The Hall–Kier alpha value is -6.61. The number of nitrogens with zero attached hydrogens (tertiary/aromatic N) is 6. The summed E-state index contributed by atoms with van der Waals surface area (Å²) in [4.78, 5) is 82.8. The molecule has 0 atom stereocenters. The summed E-state index contributed by atoms with van der Waals surface area (Å²) in [7, 11) is 0. The molecule has 2 saturated heterocycles. The number of carbonyl (C=O) groups excluding carboxylic acids is 4. The molecule has 0 unspecified atom stereocenters. The van der Waals surface area contributed by atoms with Gasteiger partial charge in [0.15, 0.2) is 0 Å². The lowest BCUT2D eigenvalue weighted by Gasteiger charge is -2.33. The van der Waals surface area contributed by atoms with Gasteiger partial charge in [0.05, 0.1) is 30.8 Å². The largest absolute Gasteiger partial charge is 0.339 e. The molecule has 4 amide bonds. The summed E-state index contributed by atoms with van der Waals surface area (Å²) >= 11 is 0.906. The van der Waals surface area contributed by atoms with Crippen LogP contribution < -0.4 is 0 Å². The molecule has 15 heteroatoms. The molecule has 2 aliphatic heterocycles. The number of carbonyl (C=O) groups is 4. The van der Waals surface area contributed by atoms with Crippen molar-refractivity contribution in [2.45, 2.75) is 51.3 Å². The van der Waals surface area contributed by atoms with Crippen molar-refractivity contribution in [2.24, 2.45) is 0 Å². The third-order valence-electron chi connectivity index (χ3n) is 11.1. The van der Waals surface area contributed by atoms with Gasteiger partial charge in [-0.25, -0.2) is 0 Å². The normalized spacial score (nSPS) is 14.5. The zero-order valence-corrected chi connectivity index (χ0v) is 35.9. The van der Waals surface area contributed by atoms with Crippen molar-refractivity contribution in [3.8, 4) is 22.3 Å². The van der Waals surface area contributed by atoms with Crippen LogP contribution in [-0.2, 0) is 19.2 Å². The number of aryl methyl sites for hydroxylation is 4. The quantitative estimate of drug-likeness (QED) is 0.0886. The van der Waals surface area contributed by atoms with E-state index in [1.807, 2.05) is 64.1 Å². The van der Waals surface area contributed by atoms with E-state index in [2.05, 4.69) is 0 Å². The second kappa shape index (κ2) is 18.8. The molecule has 0 aromatic heterocycles. The molecule has 0 aliphatic carbocycles. The van der Waals surface area contributed by atoms with Gasteiger partial charge in [-0.2, -0.15) is 0 Å². The lowest BCUT2D eigenvalue weighted by Crippen LogP contribution is -2.49. The highest BCUT2D eigenvalue weighted by molar-refractivity contribution is 7.99. The summed E-state index contributed by atoms with van der Waals surface area (Å²) in [5, 5.41) is 26.5. The monoisotopic (exact) mass is 844 g/mol. The van der Waals surface area contributed by atoms with Crippen LogP contribution in [0, 0.1) is 47.9 Å². The van der Waals surface area contributed by atoms with Crippen molar-refractivity contribution >= 4 is 58.9 Å². The van der Waals surface area contributed by atoms with Crippen LogP contribution in [0.5, 0.6) is 0 Å². The third-order valence-corrected chi connectivity index (χ3v) is 12.2. The summed E-state index contributed by atoms with van der Waals surface area (Å²) < 4.78 is 0. The fraction of sp³-hybridized carbons (Fsp3) is 0.304. The third kappa shape index (κ3) is 9.89. The summed E-state index contributed by atoms with van der Waals surface area (Å²) in [6, 6.07) is 17.7. The molecule has 0 N–H and O–H groups in total. The van der Waals surface area contributed by atoms with Gasteiger partial charge < -0.3 is 19.6 Å². The molecule has 2 heterocycles. The Labute approximate surface area is 358 Å². The molecular formula is C46H48N6O8S. The second-order valence-electron chi connectivity index (χ2n) is 15.3. The first kappa shape index (κ1) is 44.0. The zero-order chi connectivity index (χ0) is 44.1. The van der Waals surface area contributed by atoms with Crippen molar-refractivity contribution in [1.29, 1.82) is 0 Å². The van der Waals surface area contributed by atoms with Gasteiger partial charge in [-0.05, 0) is 85.4 Å². The average Bonchev–Trinajstić information content (AvgIpc) is 3.23. The molecule has 2 fully saturated rings. The first-order valence-corrected chi connectivity index (χ1v) is 20.8. The molecule has 4 aromatic carbocycles. The van der Waals surface area contributed by atoms with E-state index in [0.717, 1.165) is 34.0 Å². The van der Waals surface area contributed by atoms with Crippen LogP contribution in [0.25, 0.3) is 34.4 Å². The maximum Gasteiger partial charge on any atom is 0.291 e. The molecule has 4 aromatic rings. The maximum atomic E-state index is 13.4. The number of piperazine rings is 2. The van der Waals surface area contributed by atoms with Gasteiger partial charge in [-0.1, -0.05) is 71.4 Å². The first-order valence-electron chi connectivity index (χ1n) is 19.9. The minimum atomic E-state index is -0.490. The van der Waals surface area contributed by atoms with Crippen molar-refractivity contribution in [2.75, 3.05) is 52.4 Å². The molecule has 0 bridgehead atoms. The fourth-order valence-electron chi connectivity index (χ4n) is 7.69. The minimum Gasteiger partial charge on any atom is -0.339 e. The lowest BCUT2D eigenvalue weighted by atomic mass is 9.92. The van der Waals surface area contributed by atoms with E-state index in [9.17, 15) is 39.4 Å². The number of amides is 4. The van der Waals surface area contributed by atoms with E-state index in [-0.39, 0.29) is 55.9 Å². The van der Waals surface area contributed by atoms with E-state index in [4.69, 9.17) is 0 Å². The minimum absolute atomic E-state index is 0.0598. The topological polar surface area (TPSA) is 168 Å². The van der Waals surface area contributed by atoms with Crippen LogP contribution in [0.1, 0.15) is 47.2 Å². The van der Waals surface area contributed by atoms with E-state index >= 15 is 0 Å². The van der Waals surface area contributed by atoms with Gasteiger partial charge >= 0.3 is 0 Å². The molecule has 14 nitrogen and oxygen atoms in total. The molecule has 0 saturated carbocycles. The highest BCUT2D eigenvalue weighted by Gasteiger charge is 2.31. The molecule has 316 valence electrons. The van der Waals surface area contributed by atoms with E-state index in [1.54, 1.807) is 56.0 Å². The Bertz CT molecular complexity index is 2330. The summed E-state index contributed by atoms with van der Waals surface area (Å²) in [6.07, 6.45) is 5.89. The van der Waals surface area contributed by atoms with Crippen molar-refractivity contribution in [3.05, 3.63) is 126 Å².